The van der Waals surface area contributed by atoms with Crippen LogP contribution in [0.1, 0.15) is 30.5 Å². The average Bonchev–Trinajstić information content (AvgIpc) is 2.86. The zero-order valence-corrected chi connectivity index (χ0v) is 13.1. The highest BCUT2D eigenvalue weighted by molar-refractivity contribution is 7.12. The van der Waals surface area contributed by atoms with Crippen LogP contribution in [0.3, 0.4) is 0 Å². The first-order valence-electron chi connectivity index (χ1n) is 6.57. The number of ether oxygens (including phenoxy) is 1. The fourth-order valence-corrected chi connectivity index (χ4v) is 2.87. The van der Waals surface area contributed by atoms with Gasteiger partial charge in [0.15, 0.2) is 0 Å². The Morgan fingerprint density at radius 3 is 2.55 bits per heavy atom. The highest BCUT2D eigenvalue weighted by Crippen LogP contribution is 2.31. The molecule has 0 aliphatic rings. The first-order chi connectivity index (χ1) is 9.40. The Morgan fingerprint density at radius 1 is 1.20 bits per heavy atom. The quantitative estimate of drug-likeness (QED) is 0.874. The average molecular weight is 293 g/mol. The molecule has 0 spiro atoms. The van der Waals surface area contributed by atoms with Crippen molar-refractivity contribution in [2.24, 2.45) is 0 Å². The Bertz CT molecular complexity index is 586. The lowest BCUT2D eigenvalue weighted by atomic mass is 9.95. The summed E-state index contributed by atoms with van der Waals surface area (Å²) in [5.74, 6) is 0.233. The highest BCUT2D eigenvalue weighted by atomic mass is 32.1. The van der Waals surface area contributed by atoms with Crippen LogP contribution in [0.4, 0.5) is 10.1 Å². The SMILES string of the molecule is COc1cc(F)ccc1NCc1ccc(C(C)(C)C)s1. The van der Waals surface area contributed by atoms with Gasteiger partial charge in [-0.15, -0.1) is 11.3 Å². The lowest BCUT2D eigenvalue weighted by Gasteiger charge is -2.15. The number of rotatable bonds is 4. The van der Waals surface area contributed by atoms with Crippen molar-refractivity contribution >= 4 is 17.0 Å². The Labute approximate surface area is 123 Å². The van der Waals surface area contributed by atoms with Gasteiger partial charge in [-0.25, -0.2) is 4.39 Å². The molecule has 0 saturated heterocycles. The van der Waals surface area contributed by atoms with Crippen LogP contribution in [-0.2, 0) is 12.0 Å². The number of hydrogen-bond acceptors (Lipinski definition) is 3. The van der Waals surface area contributed by atoms with E-state index in [9.17, 15) is 4.39 Å². The lowest BCUT2D eigenvalue weighted by molar-refractivity contribution is 0.413. The van der Waals surface area contributed by atoms with Crippen LogP contribution in [0.5, 0.6) is 5.75 Å². The smallest absolute Gasteiger partial charge is 0.144 e. The number of nitrogens with one attached hydrogen (secondary N) is 1. The zero-order valence-electron chi connectivity index (χ0n) is 12.3. The van der Waals surface area contributed by atoms with Crippen molar-refractivity contribution in [3.8, 4) is 5.75 Å². The van der Waals surface area contributed by atoms with E-state index in [1.165, 1.54) is 21.9 Å². The second kappa shape index (κ2) is 5.83. The molecule has 1 aromatic carbocycles. The van der Waals surface area contributed by atoms with Crippen molar-refractivity contribution in [3.05, 3.63) is 45.9 Å². The largest absolute Gasteiger partial charge is 0.494 e. The molecule has 0 saturated carbocycles. The van der Waals surface area contributed by atoms with E-state index >= 15 is 0 Å². The summed E-state index contributed by atoms with van der Waals surface area (Å²) in [5.41, 5.74) is 0.982. The molecule has 4 heteroatoms. The first-order valence-corrected chi connectivity index (χ1v) is 7.38. The molecule has 1 aromatic heterocycles. The third kappa shape index (κ3) is 3.51. The highest BCUT2D eigenvalue weighted by Gasteiger charge is 2.16. The van der Waals surface area contributed by atoms with Crippen LogP contribution in [0.15, 0.2) is 30.3 Å². The van der Waals surface area contributed by atoms with E-state index in [1.807, 2.05) is 0 Å². The fourth-order valence-electron chi connectivity index (χ4n) is 1.87. The molecule has 1 heterocycles. The molecule has 0 aliphatic heterocycles. The van der Waals surface area contributed by atoms with Gasteiger partial charge in [-0.3, -0.25) is 0 Å². The Morgan fingerprint density at radius 2 is 1.95 bits per heavy atom. The summed E-state index contributed by atoms with van der Waals surface area (Å²) in [4.78, 5) is 2.61. The topological polar surface area (TPSA) is 21.3 Å². The van der Waals surface area contributed by atoms with Crippen LogP contribution in [-0.4, -0.2) is 7.11 Å². The van der Waals surface area contributed by atoms with Gasteiger partial charge in [0.2, 0.25) is 0 Å². The predicted molar refractivity (Wildman–Crippen MR) is 83.3 cm³/mol. The van der Waals surface area contributed by atoms with Gasteiger partial charge in [0.05, 0.1) is 12.8 Å². The molecule has 2 rings (SSSR count). The fraction of sp³-hybridized carbons (Fsp3) is 0.375. The summed E-state index contributed by atoms with van der Waals surface area (Å²) in [7, 11) is 1.54. The van der Waals surface area contributed by atoms with Gasteiger partial charge in [0.1, 0.15) is 11.6 Å². The van der Waals surface area contributed by atoms with E-state index in [-0.39, 0.29) is 11.2 Å². The van der Waals surface area contributed by atoms with E-state index in [0.29, 0.717) is 12.3 Å². The monoisotopic (exact) mass is 293 g/mol. The zero-order chi connectivity index (χ0) is 14.8. The second-order valence-corrected chi connectivity index (χ2v) is 6.88. The molecular formula is C16H20FNOS. The third-order valence-electron chi connectivity index (χ3n) is 3.02. The van der Waals surface area contributed by atoms with Gasteiger partial charge in [0, 0.05) is 22.4 Å². The summed E-state index contributed by atoms with van der Waals surface area (Å²) >= 11 is 1.80. The molecular weight excluding hydrogens is 273 g/mol. The van der Waals surface area contributed by atoms with Crippen LogP contribution < -0.4 is 10.1 Å². The number of thiophene rings is 1. The van der Waals surface area contributed by atoms with Gasteiger partial charge < -0.3 is 10.1 Å². The molecule has 0 bridgehead atoms. The molecule has 20 heavy (non-hydrogen) atoms. The molecule has 0 radical (unpaired) electrons. The standard InChI is InChI=1S/C16H20FNOS/c1-16(2,3)15-8-6-12(20-15)10-18-13-7-5-11(17)9-14(13)19-4/h5-9,18H,10H2,1-4H3. The maximum Gasteiger partial charge on any atom is 0.144 e. The minimum absolute atomic E-state index is 0.177. The maximum absolute atomic E-state index is 13.1. The molecule has 0 unspecified atom stereocenters. The van der Waals surface area contributed by atoms with E-state index < -0.39 is 0 Å². The Kier molecular flexibility index (Phi) is 4.33. The van der Waals surface area contributed by atoms with Crippen LogP contribution in [0, 0.1) is 5.82 Å². The summed E-state index contributed by atoms with van der Waals surface area (Å²) in [6.45, 7) is 7.33. The molecule has 0 aliphatic carbocycles. The Balaban J connectivity index is 2.07. The van der Waals surface area contributed by atoms with Crippen molar-refractivity contribution in [1.29, 1.82) is 0 Å². The van der Waals surface area contributed by atoms with Crippen LogP contribution in [0.2, 0.25) is 0 Å². The molecule has 2 nitrogen and oxygen atoms in total. The predicted octanol–water partition coefficient (Wildman–Crippen LogP) is 4.81. The van der Waals surface area contributed by atoms with Crippen molar-refractivity contribution < 1.29 is 9.13 Å². The number of anilines is 1. The Hall–Kier alpha value is -1.55. The van der Waals surface area contributed by atoms with Gasteiger partial charge in [-0.2, -0.15) is 0 Å². The summed E-state index contributed by atoms with van der Waals surface area (Å²) < 4.78 is 18.3. The molecule has 2 aromatic rings. The third-order valence-corrected chi connectivity index (χ3v) is 4.53. The minimum atomic E-state index is -0.293. The maximum atomic E-state index is 13.1. The van der Waals surface area contributed by atoms with Gasteiger partial charge in [0.25, 0.3) is 0 Å². The van der Waals surface area contributed by atoms with E-state index in [2.05, 4.69) is 38.2 Å². The number of methoxy groups -OCH3 is 1. The molecule has 0 atom stereocenters. The summed E-state index contributed by atoms with van der Waals surface area (Å²) in [5, 5.41) is 3.29. The van der Waals surface area contributed by atoms with E-state index in [0.717, 1.165) is 5.69 Å². The first kappa shape index (κ1) is 14.9. The minimum Gasteiger partial charge on any atom is -0.494 e. The van der Waals surface area contributed by atoms with Crippen molar-refractivity contribution in [2.45, 2.75) is 32.7 Å². The van der Waals surface area contributed by atoms with Gasteiger partial charge in [-0.05, 0) is 29.7 Å². The summed E-state index contributed by atoms with van der Waals surface area (Å²) in [6.07, 6.45) is 0. The number of halogens is 1. The van der Waals surface area contributed by atoms with E-state index in [1.54, 1.807) is 24.5 Å². The van der Waals surface area contributed by atoms with Gasteiger partial charge in [-0.1, -0.05) is 20.8 Å². The normalized spacial score (nSPS) is 11.4. The van der Waals surface area contributed by atoms with E-state index in [4.69, 9.17) is 4.74 Å². The van der Waals surface area contributed by atoms with Crippen molar-refractivity contribution in [3.63, 3.8) is 0 Å². The van der Waals surface area contributed by atoms with Crippen molar-refractivity contribution in [2.75, 3.05) is 12.4 Å². The molecule has 1 N–H and O–H groups in total. The van der Waals surface area contributed by atoms with Crippen LogP contribution in [0.25, 0.3) is 0 Å². The van der Waals surface area contributed by atoms with Crippen LogP contribution >= 0.6 is 11.3 Å². The molecule has 0 amide bonds. The number of hydrogen-bond donors (Lipinski definition) is 1. The second-order valence-electron chi connectivity index (χ2n) is 5.71. The van der Waals surface area contributed by atoms with Crippen molar-refractivity contribution in [1.82, 2.24) is 0 Å². The number of benzene rings is 1. The summed E-state index contributed by atoms with van der Waals surface area (Å²) in [6, 6.07) is 8.82. The van der Waals surface area contributed by atoms with Gasteiger partial charge >= 0.3 is 0 Å². The molecule has 108 valence electrons. The lowest BCUT2D eigenvalue weighted by Crippen LogP contribution is -2.07. The molecule has 0 fully saturated rings.